The molecule has 1 aromatic rings. The van der Waals surface area contributed by atoms with E-state index in [0.29, 0.717) is 12.5 Å². The molecule has 0 spiro atoms. The second kappa shape index (κ2) is 5.22. The van der Waals surface area contributed by atoms with Crippen LogP contribution in [0.25, 0.3) is 0 Å². The minimum atomic E-state index is -3.94. The van der Waals surface area contributed by atoms with Gasteiger partial charge < -0.3 is 0 Å². The highest BCUT2D eigenvalue weighted by Crippen LogP contribution is 2.38. The predicted molar refractivity (Wildman–Crippen MR) is 79.1 cm³/mol. The smallest absolute Gasteiger partial charge is 0.207 e. The van der Waals surface area contributed by atoms with Gasteiger partial charge in [-0.05, 0) is 49.8 Å². The van der Waals surface area contributed by atoms with Gasteiger partial charge in [-0.3, -0.25) is 0 Å². The van der Waals surface area contributed by atoms with Crippen LogP contribution < -0.4 is 0 Å². The summed E-state index contributed by atoms with van der Waals surface area (Å²) in [7, 11) is -2.31. The summed E-state index contributed by atoms with van der Waals surface area (Å²) >= 11 is 0. The Kier molecular flexibility index (Phi) is 3.80. The highest BCUT2D eigenvalue weighted by molar-refractivity contribution is 8.13. The van der Waals surface area contributed by atoms with Gasteiger partial charge in [-0.25, -0.2) is 16.8 Å². The van der Waals surface area contributed by atoms with E-state index in [1.165, 1.54) is 22.5 Å². The van der Waals surface area contributed by atoms with Crippen molar-refractivity contribution in [3.05, 3.63) is 24.3 Å². The molecule has 0 N–H and O–H groups in total. The van der Waals surface area contributed by atoms with Crippen LogP contribution in [0.4, 0.5) is 0 Å². The van der Waals surface area contributed by atoms with Crippen LogP contribution in [0.3, 0.4) is 0 Å². The van der Waals surface area contributed by atoms with Crippen molar-refractivity contribution >= 4 is 29.8 Å². The monoisotopic (exact) mass is 349 g/mol. The molecule has 2 fully saturated rings. The van der Waals surface area contributed by atoms with E-state index in [2.05, 4.69) is 0 Å². The average molecular weight is 350 g/mol. The summed E-state index contributed by atoms with van der Waals surface area (Å²) in [6.45, 7) is 0.533. The number of rotatable bonds is 6. The lowest BCUT2D eigenvalue weighted by Gasteiger charge is -2.22. The number of hydrogen-bond donors (Lipinski definition) is 0. The molecule has 116 valence electrons. The third kappa shape index (κ3) is 3.41. The third-order valence-electron chi connectivity index (χ3n) is 3.78. The van der Waals surface area contributed by atoms with E-state index in [1.807, 2.05) is 0 Å². The fourth-order valence-corrected chi connectivity index (χ4v) is 4.96. The highest BCUT2D eigenvalue weighted by Gasteiger charge is 2.41. The number of halogens is 1. The molecule has 1 aromatic carbocycles. The summed E-state index contributed by atoms with van der Waals surface area (Å²) in [5, 5.41) is 0. The van der Waals surface area contributed by atoms with Crippen LogP contribution in [0.5, 0.6) is 0 Å². The van der Waals surface area contributed by atoms with Crippen molar-refractivity contribution in [3.63, 3.8) is 0 Å². The normalized spacial score (nSPS) is 19.9. The summed E-state index contributed by atoms with van der Waals surface area (Å²) in [5.74, 6) is 0.445. The first-order valence-corrected chi connectivity index (χ1v) is 10.6. The predicted octanol–water partition coefficient (Wildman–Crippen LogP) is 2.18. The minimum Gasteiger partial charge on any atom is -0.207 e. The van der Waals surface area contributed by atoms with E-state index in [4.69, 9.17) is 10.7 Å². The second-order valence-corrected chi connectivity index (χ2v) is 10.1. The maximum atomic E-state index is 12.7. The van der Waals surface area contributed by atoms with Crippen LogP contribution in [0.15, 0.2) is 34.1 Å². The van der Waals surface area contributed by atoms with Crippen molar-refractivity contribution in [1.82, 2.24) is 4.31 Å². The Morgan fingerprint density at radius 1 is 1.05 bits per heavy atom. The highest BCUT2D eigenvalue weighted by atomic mass is 35.7. The topological polar surface area (TPSA) is 71.5 Å². The van der Waals surface area contributed by atoms with Crippen molar-refractivity contribution in [2.24, 2.45) is 5.92 Å². The van der Waals surface area contributed by atoms with E-state index in [9.17, 15) is 16.8 Å². The van der Waals surface area contributed by atoms with Crippen LogP contribution in [0.1, 0.15) is 25.7 Å². The van der Waals surface area contributed by atoms with Gasteiger partial charge in [-0.2, -0.15) is 4.31 Å². The fourth-order valence-electron chi connectivity index (χ4n) is 2.28. The Labute approximate surface area is 129 Å². The summed E-state index contributed by atoms with van der Waals surface area (Å²) in [6.07, 6.45) is 3.88. The molecule has 0 aliphatic heterocycles. The molecule has 0 unspecified atom stereocenters. The second-order valence-electron chi connectivity index (χ2n) is 5.66. The van der Waals surface area contributed by atoms with E-state index < -0.39 is 19.1 Å². The molecule has 5 nitrogen and oxygen atoms in total. The first kappa shape index (κ1) is 15.3. The molecule has 21 heavy (non-hydrogen) atoms. The van der Waals surface area contributed by atoms with Crippen LogP contribution in [0, 0.1) is 5.92 Å². The lowest BCUT2D eigenvalue weighted by Crippen LogP contribution is -2.35. The summed E-state index contributed by atoms with van der Waals surface area (Å²) in [5.41, 5.74) is 0. The molecule has 0 amide bonds. The SMILES string of the molecule is O=S(=O)(Cl)c1cccc(S(=O)(=O)N(CC2CC2)C2CC2)c1. The van der Waals surface area contributed by atoms with Crippen molar-refractivity contribution in [2.45, 2.75) is 41.5 Å². The van der Waals surface area contributed by atoms with Gasteiger partial charge in [0.25, 0.3) is 9.05 Å². The lowest BCUT2D eigenvalue weighted by molar-refractivity contribution is 0.388. The quantitative estimate of drug-likeness (QED) is 0.738. The Balaban J connectivity index is 1.96. The standard InChI is InChI=1S/C13H16ClNO4S2/c14-20(16,17)12-2-1-3-13(8-12)21(18,19)15(11-6-7-11)9-10-4-5-10/h1-3,8,10-11H,4-7,9H2. The number of hydrogen-bond acceptors (Lipinski definition) is 4. The molecule has 3 rings (SSSR count). The number of sulfonamides is 1. The summed E-state index contributed by atoms with van der Waals surface area (Å²) in [6, 6.07) is 5.32. The molecule has 0 bridgehead atoms. The zero-order chi connectivity index (χ0) is 15.3. The summed E-state index contributed by atoms with van der Waals surface area (Å²) < 4.78 is 49.8. The molecule has 2 saturated carbocycles. The molecular weight excluding hydrogens is 334 g/mol. The summed E-state index contributed by atoms with van der Waals surface area (Å²) in [4.78, 5) is -0.191. The lowest BCUT2D eigenvalue weighted by atomic mass is 10.4. The van der Waals surface area contributed by atoms with Crippen molar-refractivity contribution in [3.8, 4) is 0 Å². The maximum absolute atomic E-state index is 12.7. The molecule has 8 heteroatoms. The molecule has 0 heterocycles. The van der Waals surface area contributed by atoms with Gasteiger partial charge in [0.05, 0.1) is 9.79 Å². The third-order valence-corrected chi connectivity index (χ3v) is 7.05. The molecule has 2 aliphatic carbocycles. The first-order valence-electron chi connectivity index (χ1n) is 6.85. The van der Waals surface area contributed by atoms with Crippen LogP contribution in [0.2, 0.25) is 0 Å². The van der Waals surface area contributed by atoms with E-state index in [1.54, 1.807) is 0 Å². The van der Waals surface area contributed by atoms with Gasteiger partial charge >= 0.3 is 0 Å². The van der Waals surface area contributed by atoms with Gasteiger partial charge in [-0.15, -0.1) is 0 Å². The van der Waals surface area contributed by atoms with Crippen molar-refractivity contribution in [1.29, 1.82) is 0 Å². The van der Waals surface area contributed by atoms with E-state index >= 15 is 0 Å². The van der Waals surface area contributed by atoms with Crippen molar-refractivity contribution < 1.29 is 16.8 Å². The molecule has 0 saturated heterocycles. The molecule has 2 aliphatic rings. The van der Waals surface area contributed by atoms with E-state index in [0.717, 1.165) is 31.7 Å². The van der Waals surface area contributed by atoms with Gasteiger partial charge in [0.2, 0.25) is 10.0 Å². The van der Waals surface area contributed by atoms with Crippen LogP contribution >= 0.6 is 10.7 Å². The maximum Gasteiger partial charge on any atom is 0.261 e. The molecule has 0 aromatic heterocycles. The largest absolute Gasteiger partial charge is 0.261 e. The fraction of sp³-hybridized carbons (Fsp3) is 0.538. The number of benzene rings is 1. The average Bonchev–Trinajstić information content (AvgIpc) is 3.27. The zero-order valence-corrected chi connectivity index (χ0v) is 13.7. The first-order chi connectivity index (χ1) is 9.78. The van der Waals surface area contributed by atoms with Crippen molar-refractivity contribution in [2.75, 3.05) is 6.54 Å². The Morgan fingerprint density at radius 2 is 1.67 bits per heavy atom. The Morgan fingerprint density at radius 3 is 2.19 bits per heavy atom. The van der Waals surface area contributed by atoms with Gasteiger partial charge in [0.1, 0.15) is 0 Å². The van der Waals surface area contributed by atoms with Crippen LogP contribution in [-0.2, 0) is 19.1 Å². The Hall–Kier alpha value is -0.630. The molecule has 0 atom stereocenters. The Bertz CT molecular complexity index is 752. The van der Waals surface area contributed by atoms with Gasteiger partial charge in [-0.1, -0.05) is 6.07 Å². The minimum absolute atomic E-state index is 0.00299. The van der Waals surface area contributed by atoms with E-state index in [-0.39, 0.29) is 15.8 Å². The van der Waals surface area contributed by atoms with Crippen LogP contribution in [-0.4, -0.2) is 33.7 Å². The number of nitrogens with zero attached hydrogens (tertiary/aromatic N) is 1. The molecular formula is C13H16ClNO4S2. The van der Waals surface area contributed by atoms with Gasteiger partial charge in [0.15, 0.2) is 0 Å². The zero-order valence-electron chi connectivity index (χ0n) is 11.3. The molecule has 0 radical (unpaired) electrons. The van der Waals surface area contributed by atoms with Gasteiger partial charge in [0, 0.05) is 23.3 Å².